The quantitative estimate of drug-likeness (QED) is 0.604. The zero-order chi connectivity index (χ0) is 19.5. The average Bonchev–Trinajstić information content (AvgIpc) is 3.09. The zero-order valence-electron chi connectivity index (χ0n) is 15.1. The number of hydrogen-bond acceptors (Lipinski definition) is 8. The van der Waals surface area contributed by atoms with Crippen LogP contribution in [-0.4, -0.2) is 48.9 Å². The van der Waals surface area contributed by atoms with E-state index in [0.717, 1.165) is 5.69 Å². The highest BCUT2D eigenvalue weighted by molar-refractivity contribution is 5.70. The lowest BCUT2D eigenvalue weighted by molar-refractivity contribution is -0.142. The van der Waals surface area contributed by atoms with Crippen LogP contribution in [0.4, 0.5) is 23.4 Å². The Morgan fingerprint density at radius 2 is 1.86 bits per heavy atom. The number of carboxylic acid groups (broad SMARTS) is 1. The second kappa shape index (κ2) is 7.51. The van der Waals surface area contributed by atoms with E-state index in [0.29, 0.717) is 43.5 Å². The maximum absolute atomic E-state index is 11.1. The molecular formula is C18H20N8O2. The van der Waals surface area contributed by atoms with Crippen LogP contribution in [0.1, 0.15) is 12.8 Å². The normalized spacial score (nSPS) is 14.8. The van der Waals surface area contributed by atoms with Crippen molar-refractivity contribution < 1.29 is 9.90 Å². The number of nitrogen functional groups attached to an aromatic ring is 1. The number of nitrogens with zero attached hydrogens (tertiary/aromatic N) is 6. The molecular weight excluding hydrogens is 360 g/mol. The summed E-state index contributed by atoms with van der Waals surface area (Å²) in [6.07, 6.45) is 2.62. The molecule has 0 spiro atoms. The van der Waals surface area contributed by atoms with Crippen molar-refractivity contribution in [2.45, 2.75) is 12.8 Å². The second-order valence-corrected chi connectivity index (χ2v) is 6.53. The summed E-state index contributed by atoms with van der Waals surface area (Å²) >= 11 is 0. The van der Waals surface area contributed by atoms with Crippen molar-refractivity contribution >= 4 is 29.4 Å². The zero-order valence-corrected chi connectivity index (χ0v) is 15.1. The molecule has 0 amide bonds. The number of hydrogen-bond donors (Lipinski definition) is 3. The monoisotopic (exact) mass is 380 g/mol. The minimum atomic E-state index is -0.739. The third-order valence-electron chi connectivity index (χ3n) is 4.69. The molecule has 0 bridgehead atoms. The number of piperidine rings is 1. The first-order valence-electron chi connectivity index (χ1n) is 8.95. The summed E-state index contributed by atoms with van der Waals surface area (Å²) in [5, 5.41) is 16.6. The van der Waals surface area contributed by atoms with Crippen molar-refractivity contribution in [3.05, 3.63) is 42.7 Å². The molecule has 1 saturated heterocycles. The Hall–Kier alpha value is -3.69. The maximum atomic E-state index is 11.1. The van der Waals surface area contributed by atoms with Crippen LogP contribution in [-0.2, 0) is 4.79 Å². The van der Waals surface area contributed by atoms with E-state index < -0.39 is 5.97 Å². The highest BCUT2D eigenvalue weighted by Gasteiger charge is 2.25. The highest BCUT2D eigenvalue weighted by Crippen LogP contribution is 2.23. The summed E-state index contributed by atoms with van der Waals surface area (Å²) in [7, 11) is 0. The molecule has 1 aromatic carbocycles. The van der Waals surface area contributed by atoms with E-state index in [1.54, 1.807) is 6.07 Å². The van der Waals surface area contributed by atoms with Gasteiger partial charge in [0.05, 0.1) is 5.92 Å². The number of nitrogens with two attached hydrogens (primary N) is 1. The molecule has 10 nitrogen and oxygen atoms in total. The predicted octanol–water partition coefficient (Wildman–Crippen LogP) is 1.68. The van der Waals surface area contributed by atoms with Gasteiger partial charge in [0.25, 0.3) is 0 Å². The fourth-order valence-electron chi connectivity index (χ4n) is 3.18. The Kier molecular flexibility index (Phi) is 4.75. The number of nitrogens with one attached hydrogen (secondary N) is 1. The molecule has 0 atom stereocenters. The molecule has 1 aliphatic heterocycles. The van der Waals surface area contributed by atoms with Gasteiger partial charge in [-0.05, 0) is 25.0 Å². The first kappa shape index (κ1) is 17.7. The lowest BCUT2D eigenvalue weighted by Gasteiger charge is -2.30. The van der Waals surface area contributed by atoms with Gasteiger partial charge in [-0.3, -0.25) is 4.79 Å². The molecule has 0 unspecified atom stereocenters. The van der Waals surface area contributed by atoms with Gasteiger partial charge >= 0.3 is 5.97 Å². The summed E-state index contributed by atoms with van der Waals surface area (Å²) in [5.41, 5.74) is 6.87. The second-order valence-electron chi connectivity index (χ2n) is 6.53. The van der Waals surface area contributed by atoms with Crippen LogP contribution in [0.25, 0.3) is 5.82 Å². The number of aliphatic carboxylic acids is 1. The van der Waals surface area contributed by atoms with E-state index in [-0.39, 0.29) is 11.9 Å². The average molecular weight is 380 g/mol. The summed E-state index contributed by atoms with van der Waals surface area (Å²) < 4.78 is 1.44. The van der Waals surface area contributed by atoms with Crippen LogP contribution in [0.3, 0.4) is 0 Å². The van der Waals surface area contributed by atoms with Gasteiger partial charge in [0.15, 0.2) is 5.82 Å². The van der Waals surface area contributed by atoms with Crippen LogP contribution in [0.2, 0.25) is 0 Å². The van der Waals surface area contributed by atoms with Gasteiger partial charge in [0.1, 0.15) is 12.1 Å². The molecule has 1 aliphatic rings. The molecule has 2 aromatic heterocycles. The van der Waals surface area contributed by atoms with Crippen molar-refractivity contribution in [3.63, 3.8) is 0 Å². The SMILES string of the molecule is Nc1nc(Nc2ccccc2)nn1-c1cc(N2CCC(C(=O)O)CC2)ncn1. The molecule has 4 N–H and O–H groups in total. The molecule has 1 fully saturated rings. The smallest absolute Gasteiger partial charge is 0.306 e. The van der Waals surface area contributed by atoms with E-state index in [1.807, 2.05) is 35.2 Å². The van der Waals surface area contributed by atoms with E-state index in [1.165, 1.54) is 11.0 Å². The van der Waals surface area contributed by atoms with Crippen molar-refractivity contribution in [1.82, 2.24) is 24.7 Å². The van der Waals surface area contributed by atoms with Gasteiger partial charge in [-0.25, -0.2) is 9.97 Å². The fourth-order valence-corrected chi connectivity index (χ4v) is 3.18. The minimum absolute atomic E-state index is 0.202. The van der Waals surface area contributed by atoms with E-state index in [4.69, 9.17) is 10.8 Å². The first-order chi connectivity index (χ1) is 13.6. The molecule has 28 heavy (non-hydrogen) atoms. The molecule has 10 heteroatoms. The van der Waals surface area contributed by atoms with Crippen LogP contribution in [0, 0.1) is 5.92 Å². The molecule has 3 heterocycles. The van der Waals surface area contributed by atoms with Gasteiger partial charge in [0, 0.05) is 24.8 Å². The molecule has 0 aliphatic carbocycles. The van der Waals surface area contributed by atoms with E-state index in [9.17, 15) is 4.79 Å². The highest BCUT2D eigenvalue weighted by atomic mass is 16.4. The minimum Gasteiger partial charge on any atom is -0.481 e. The number of anilines is 4. The van der Waals surface area contributed by atoms with Crippen molar-refractivity contribution in [1.29, 1.82) is 0 Å². The van der Waals surface area contributed by atoms with Crippen molar-refractivity contribution in [2.24, 2.45) is 5.92 Å². The molecule has 3 aromatic rings. The maximum Gasteiger partial charge on any atom is 0.306 e. The number of carbonyl (C=O) groups is 1. The standard InChI is InChI=1S/C18H20N8O2/c19-17-23-18(22-13-4-2-1-3-5-13)24-26(17)15-10-14(20-11-21-15)25-8-6-12(7-9-25)16(27)28/h1-5,10-12H,6-9H2,(H,27,28)(H3,19,22,23,24). The molecule has 4 rings (SSSR count). The number of carboxylic acids is 1. The fraction of sp³-hybridized carbons (Fsp3) is 0.278. The largest absolute Gasteiger partial charge is 0.481 e. The number of aromatic nitrogens is 5. The molecule has 0 radical (unpaired) electrons. The lowest BCUT2D eigenvalue weighted by Crippen LogP contribution is -2.36. The summed E-state index contributed by atoms with van der Waals surface area (Å²) in [5.74, 6) is 0.739. The topological polar surface area (TPSA) is 135 Å². The van der Waals surface area contributed by atoms with E-state index >= 15 is 0 Å². The Morgan fingerprint density at radius 3 is 2.57 bits per heavy atom. The Labute approximate surface area is 161 Å². The van der Waals surface area contributed by atoms with Crippen LogP contribution in [0.15, 0.2) is 42.7 Å². The van der Waals surface area contributed by atoms with Crippen LogP contribution in [0.5, 0.6) is 0 Å². The van der Waals surface area contributed by atoms with Gasteiger partial charge in [0.2, 0.25) is 11.9 Å². The Morgan fingerprint density at radius 1 is 1.14 bits per heavy atom. The first-order valence-corrected chi connectivity index (χ1v) is 8.95. The van der Waals surface area contributed by atoms with Crippen LogP contribution >= 0.6 is 0 Å². The summed E-state index contributed by atoms with van der Waals surface area (Å²) in [6, 6.07) is 11.3. The summed E-state index contributed by atoms with van der Waals surface area (Å²) in [4.78, 5) is 26.0. The van der Waals surface area contributed by atoms with Crippen molar-refractivity contribution in [2.75, 3.05) is 29.0 Å². The number of rotatable bonds is 5. The number of benzene rings is 1. The third-order valence-corrected chi connectivity index (χ3v) is 4.69. The van der Waals surface area contributed by atoms with Gasteiger partial charge in [-0.1, -0.05) is 18.2 Å². The van der Waals surface area contributed by atoms with Gasteiger partial charge < -0.3 is 21.1 Å². The van der Waals surface area contributed by atoms with Crippen molar-refractivity contribution in [3.8, 4) is 5.82 Å². The summed E-state index contributed by atoms with van der Waals surface area (Å²) in [6.45, 7) is 1.25. The number of para-hydroxylation sites is 1. The lowest BCUT2D eigenvalue weighted by atomic mass is 9.97. The van der Waals surface area contributed by atoms with Gasteiger partial charge in [-0.15, -0.1) is 5.10 Å². The predicted molar refractivity (Wildman–Crippen MR) is 104 cm³/mol. The van der Waals surface area contributed by atoms with Crippen LogP contribution < -0.4 is 16.0 Å². The third kappa shape index (κ3) is 3.70. The Balaban J connectivity index is 1.52. The molecule has 0 saturated carbocycles. The van der Waals surface area contributed by atoms with E-state index in [2.05, 4.69) is 25.4 Å². The van der Waals surface area contributed by atoms with Gasteiger partial charge in [-0.2, -0.15) is 9.67 Å². The molecule has 144 valence electrons. The Bertz CT molecular complexity index is 967.